The molecule has 0 aliphatic rings. The number of hydrogen-bond donors (Lipinski definition) is 2. The number of rotatable bonds is 6. The highest BCUT2D eigenvalue weighted by Crippen LogP contribution is 2.33. The lowest BCUT2D eigenvalue weighted by molar-refractivity contribution is -0.201. The molecule has 1 amide bonds. The average molecular weight is 448 g/mol. The monoisotopic (exact) mass is 447 g/mol. The second kappa shape index (κ2) is 9.70. The Kier molecular flexibility index (Phi) is 7.54. The van der Waals surface area contributed by atoms with E-state index in [2.05, 4.69) is 25.0 Å². The minimum atomic E-state index is -4.75. The Labute approximate surface area is 174 Å². The molecule has 2 aromatic rings. The summed E-state index contributed by atoms with van der Waals surface area (Å²) >= 11 is 5.71. The Morgan fingerprint density at radius 3 is 2.60 bits per heavy atom. The highest BCUT2D eigenvalue weighted by molar-refractivity contribution is 6.30. The lowest BCUT2D eigenvalue weighted by Crippen LogP contribution is -2.37. The van der Waals surface area contributed by atoms with Crippen LogP contribution in [-0.2, 0) is 4.74 Å². The van der Waals surface area contributed by atoms with Gasteiger partial charge in [-0.2, -0.15) is 17.6 Å². The molecule has 3 N–H and O–H groups in total. The number of hydrogen-bond acceptors (Lipinski definition) is 5. The first kappa shape index (κ1) is 23.3. The molecular formula is C18H18ClF4N5O2. The summed E-state index contributed by atoms with van der Waals surface area (Å²) in [7, 11) is 1.18. The molecule has 162 valence electrons. The molecule has 2 heterocycles. The molecule has 7 nitrogen and oxygen atoms in total. The van der Waals surface area contributed by atoms with Crippen LogP contribution >= 0.6 is 11.6 Å². The number of ether oxygens (including phenoxy) is 1. The van der Waals surface area contributed by atoms with Crippen molar-refractivity contribution in [1.82, 2.24) is 9.97 Å². The summed E-state index contributed by atoms with van der Waals surface area (Å²) in [6.07, 6.45) is -5.38. The van der Waals surface area contributed by atoms with Gasteiger partial charge >= 0.3 is 6.18 Å². The van der Waals surface area contributed by atoms with E-state index in [0.29, 0.717) is 5.02 Å². The molecule has 0 unspecified atom stereocenters. The molecule has 0 fully saturated rings. The number of amidine groups is 1. The van der Waals surface area contributed by atoms with Gasteiger partial charge in [-0.25, -0.2) is 15.0 Å². The molecule has 2 atom stereocenters. The highest BCUT2D eigenvalue weighted by Gasteiger charge is 2.43. The average Bonchev–Trinajstić information content (AvgIpc) is 2.68. The number of nitrogens with two attached hydrogens (primary N) is 1. The third-order valence-electron chi connectivity index (χ3n) is 4.03. The molecule has 0 aliphatic heterocycles. The van der Waals surface area contributed by atoms with Gasteiger partial charge in [0.25, 0.3) is 11.9 Å². The van der Waals surface area contributed by atoms with Gasteiger partial charge in [0.1, 0.15) is 5.69 Å². The van der Waals surface area contributed by atoms with E-state index >= 15 is 0 Å². The molecular weight excluding hydrogens is 430 g/mol. The molecule has 0 radical (unpaired) electrons. The van der Waals surface area contributed by atoms with Gasteiger partial charge in [0, 0.05) is 25.2 Å². The minimum Gasteiger partial charge on any atom is -0.452 e. The number of carbonyl (C=O) groups is 1. The Balaban J connectivity index is 2.20. The zero-order valence-electron chi connectivity index (χ0n) is 15.9. The van der Waals surface area contributed by atoms with Gasteiger partial charge < -0.3 is 15.8 Å². The molecule has 2 rings (SSSR count). The summed E-state index contributed by atoms with van der Waals surface area (Å²) in [5.41, 5.74) is 5.22. The van der Waals surface area contributed by atoms with Crippen LogP contribution in [0.5, 0.6) is 0 Å². The quantitative estimate of drug-likeness (QED) is 0.302. The lowest BCUT2D eigenvalue weighted by atomic mass is 9.95. The van der Waals surface area contributed by atoms with Crippen LogP contribution in [0.3, 0.4) is 0 Å². The summed E-state index contributed by atoms with van der Waals surface area (Å²) in [5.74, 6) is -2.57. The number of amides is 1. The van der Waals surface area contributed by atoms with Gasteiger partial charge in [-0.1, -0.05) is 18.5 Å². The van der Waals surface area contributed by atoms with Crippen molar-refractivity contribution in [1.29, 1.82) is 0 Å². The number of aromatic nitrogens is 2. The fourth-order valence-corrected chi connectivity index (χ4v) is 2.59. The maximum absolute atomic E-state index is 14.2. The molecule has 12 heteroatoms. The molecule has 0 saturated heterocycles. The maximum Gasteiger partial charge on any atom is 0.425 e. The fourth-order valence-electron chi connectivity index (χ4n) is 2.48. The number of pyridine rings is 2. The van der Waals surface area contributed by atoms with Crippen LogP contribution in [-0.4, -0.2) is 41.2 Å². The first-order valence-electron chi connectivity index (χ1n) is 8.55. The fraction of sp³-hybridized carbons (Fsp3) is 0.333. The van der Waals surface area contributed by atoms with Crippen LogP contribution in [0.15, 0.2) is 35.6 Å². The predicted octanol–water partition coefficient (Wildman–Crippen LogP) is 3.91. The molecule has 30 heavy (non-hydrogen) atoms. The van der Waals surface area contributed by atoms with E-state index in [1.54, 1.807) is 0 Å². The van der Waals surface area contributed by atoms with Crippen molar-refractivity contribution >= 4 is 29.2 Å². The normalized spacial score (nSPS) is 14.2. The molecule has 0 aliphatic carbocycles. The summed E-state index contributed by atoms with van der Waals surface area (Å²) in [5, 5.41) is 2.79. The van der Waals surface area contributed by atoms with Crippen molar-refractivity contribution in [3.05, 3.63) is 52.8 Å². The Hall–Kier alpha value is -2.95. The second-order valence-corrected chi connectivity index (χ2v) is 6.70. The van der Waals surface area contributed by atoms with E-state index in [0.717, 1.165) is 6.20 Å². The highest BCUT2D eigenvalue weighted by atomic mass is 35.5. The van der Waals surface area contributed by atoms with Gasteiger partial charge in [0.2, 0.25) is 5.95 Å². The van der Waals surface area contributed by atoms with Gasteiger partial charge in [0.05, 0.1) is 16.9 Å². The van der Waals surface area contributed by atoms with Crippen LogP contribution in [0.1, 0.15) is 35.3 Å². The summed E-state index contributed by atoms with van der Waals surface area (Å²) in [6.45, 7) is 1.37. The van der Waals surface area contributed by atoms with Crippen LogP contribution in [0.25, 0.3) is 0 Å². The zero-order valence-corrected chi connectivity index (χ0v) is 16.6. The van der Waals surface area contributed by atoms with Gasteiger partial charge in [-0.3, -0.25) is 4.79 Å². The summed E-state index contributed by atoms with van der Waals surface area (Å²) < 4.78 is 58.5. The van der Waals surface area contributed by atoms with Crippen molar-refractivity contribution in [3.63, 3.8) is 0 Å². The zero-order chi connectivity index (χ0) is 22.5. The number of halogens is 5. The van der Waals surface area contributed by atoms with Gasteiger partial charge in [0.15, 0.2) is 6.10 Å². The maximum atomic E-state index is 14.2. The van der Waals surface area contributed by atoms with Gasteiger partial charge in [-0.15, -0.1) is 0 Å². The summed E-state index contributed by atoms with van der Waals surface area (Å²) in [4.78, 5) is 22.9. The second-order valence-electron chi connectivity index (χ2n) is 6.27. The minimum absolute atomic E-state index is 0.0400. The van der Waals surface area contributed by atoms with E-state index in [1.165, 1.54) is 38.4 Å². The van der Waals surface area contributed by atoms with Crippen molar-refractivity contribution in [2.24, 2.45) is 10.7 Å². The van der Waals surface area contributed by atoms with Crippen molar-refractivity contribution < 1.29 is 27.1 Å². The molecule has 0 saturated carbocycles. The Morgan fingerprint density at radius 1 is 1.33 bits per heavy atom. The Morgan fingerprint density at radius 2 is 2.03 bits per heavy atom. The first-order chi connectivity index (χ1) is 14.0. The van der Waals surface area contributed by atoms with E-state index in [4.69, 9.17) is 17.3 Å². The van der Waals surface area contributed by atoms with E-state index in [1.807, 2.05) is 0 Å². The third-order valence-corrected chi connectivity index (χ3v) is 4.25. The largest absolute Gasteiger partial charge is 0.452 e. The third kappa shape index (κ3) is 6.28. The number of carbonyl (C=O) groups excluding carboxylic acids is 1. The van der Waals surface area contributed by atoms with Crippen LogP contribution < -0.4 is 11.1 Å². The predicted molar refractivity (Wildman–Crippen MR) is 103 cm³/mol. The molecule has 0 bridgehead atoms. The van der Waals surface area contributed by atoms with E-state index in [-0.39, 0.29) is 16.9 Å². The molecule has 0 spiro atoms. The first-order valence-corrected chi connectivity index (χ1v) is 8.93. The number of nitrogens with zero attached hydrogens (tertiary/aromatic N) is 3. The van der Waals surface area contributed by atoms with Crippen LogP contribution in [0.2, 0.25) is 5.02 Å². The van der Waals surface area contributed by atoms with Gasteiger partial charge in [-0.05, 0) is 24.1 Å². The Bertz CT molecular complexity index is 922. The van der Waals surface area contributed by atoms with Crippen molar-refractivity contribution in [2.45, 2.75) is 31.5 Å². The SMILES string of the molecule is CN=C(N)O[C@@H](C[C@H](C)c1cc(NC(=O)c2ccc(Cl)cn2)cnc1F)C(F)(F)F. The number of aliphatic imine (C=N–C) groups is 1. The van der Waals surface area contributed by atoms with E-state index < -0.39 is 42.5 Å². The smallest absolute Gasteiger partial charge is 0.425 e. The van der Waals surface area contributed by atoms with Crippen LogP contribution in [0, 0.1) is 5.95 Å². The number of nitrogens with one attached hydrogen (secondary N) is 1. The molecule has 2 aromatic heterocycles. The van der Waals surface area contributed by atoms with Crippen molar-refractivity contribution in [2.75, 3.05) is 12.4 Å². The molecule has 0 aromatic carbocycles. The van der Waals surface area contributed by atoms with Crippen LogP contribution in [0.4, 0.5) is 23.2 Å². The number of anilines is 1. The standard InChI is InChI=1S/C18H18ClF4N5O2/c1-9(5-14(18(21,22)23)30-17(24)25-2)12-6-11(8-27-15(12)20)28-16(29)13-4-3-10(19)7-26-13/h3-4,6-9,14H,5H2,1-2H3,(H2,24,25)(H,28,29)/t9-,14-/m0/s1. The number of alkyl halides is 3. The summed E-state index contributed by atoms with van der Waals surface area (Å²) in [6, 6.07) is 3.40. The topological polar surface area (TPSA) is 102 Å². The van der Waals surface area contributed by atoms with Crippen molar-refractivity contribution in [3.8, 4) is 0 Å². The van der Waals surface area contributed by atoms with E-state index in [9.17, 15) is 22.4 Å². The lowest BCUT2D eigenvalue weighted by Gasteiger charge is -2.24.